The van der Waals surface area contributed by atoms with Crippen LogP contribution in [0, 0.1) is 0 Å². The van der Waals surface area contributed by atoms with Crippen LogP contribution in [-0.2, 0) is 0 Å². The maximum Gasteiger partial charge on any atom is 0.160 e. The van der Waals surface area contributed by atoms with Crippen molar-refractivity contribution in [2.24, 2.45) is 0 Å². The van der Waals surface area contributed by atoms with Crippen LogP contribution < -0.4 is 0 Å². The maximum absolute atomic E-state index is 4.95. The van der Waals surface area contributed by atoms with Gasteiger partial charge in [-0.05, 0) is 28.5 Å². The lowest BCUT2D eigenvalue weighted by Crippen LogP contribution is -1.95. The van der Waals surface area contributed by atoms with Crippen LogP contribution in [-0.4, -0.2) is 9.97 Å². The van der Waals surface area contributed by atoms with Gasteiger partial charge in [-0.15, -0.1) is 0 Å². The average Bonchev–Trinajstić information content (AvgIpc) is 2.94. The fraction of sp³-hybridized carbons (Fsp3) is 0. The summed E-state index contributed by atoms with van der Waals surface area (Å²) >= 11 is 3.77. The fourth-order valence-electron chi connectivity index (χ4n) is 4.41. The van der Waals surface area contributed by atoms with Crippen molar-refractivity contribution in [1.29, 1.82) is 0 Å². The number of fused-ring (bicyclic) bond motifs is 1. The summed E-state index contributed by atoms with van der Waals surface area (Å²) in [5.41, 5.74) is 7.32. The van der Waals surface area contributed by atoms with Crippen molar-refractivity contribution in [1.82, 2.24) is 9.97 Å². The zero-order valence-electron chi connectivity index (χ0n) is 18.9. The Balaban J connectivity index is 1.47. The molecule has 0 atom stereocenters. The lowest BCUT2D eigenvalue weighted by molar-refractivity contribution is 1.18. The number of rotatable bonds is 4. The molecule has 0 aliphatic heterocycles. The zero-order chi connectivity index (χ0) is 23.6. The molecule has 0 aliphatic rings. The van der Waals surface area contributed by atoms with Crippen molar-refractivity contribution in [3.8, 4) is 45.0 Å². The van der Waals surface area contributed by atoms with E-state index >= 15 is 0 Å². The Hall–Kier alpha value is -4.08. The monoisotopic (exact) mass is 512 g/mol. The summed E-state index contributed by atoms with van der Waals surface area (Å²) in [4.78, 5) is 9.84. The van der Waals surface area contributed by atoms with Crippen LogP contribution in [0.3, 0.4) is 0 Å². The van der Waals surface area contributed by atoms with Crippen molar-refractivity contribution in [2.45, 2.75) is 0 Å². The average molecular weight is 513 g/mol. The third kappa shape index (κ3) is 4.27. The van der Waals surface area contributed by atoms with Gasteiger partial charge in [-0.25, -0.2) is 9.97 Å². The minimum atomic E-state index is 0.725. The highest BCUT2D eigenvalue weighted by Gasteiger charge is 2.12. The summed E-state index contributed by atoms with van der Waals surface area (Å²) in [6.45, 7) is 0. The highest BCUT2D eigenvalue weighted by molar-refractivity contribution is 9.10. The molecule has 0 bridgehead atoms. The second kappa shape index (κ2) is 9.28. The molecule has 0 fully saturated rings. The topological polar surface area (TPSA) is 25.8 Å². The quantitative estimate of drug-likeness (QED) is 0.235. The number of nitrogens with zero attached hydrogens (tertiary/aromatic N) is 2. The van der Waals surface area contributed by atoms with Crippen LogP contribution in [0.15, 0.2) is 132 Å². The van der Waals surface area contributed by atoms with Gasteiger partial charge in [0.05, 0.1) is 11.4 Å². The number of halogens is 1. The van der Waals surface area contributed by atoms with Gasteiger partial charge in [-0.3, -0.25) is 0 Å². The van der Waals surface area contributed by atoms with Crippen LogP contribution in [0.4, 0.5) is 0 Å². The van der Waals surface area contributed by atoms with Crippen molar-refractivity contribution in [2.75, 3.05) is 0 Å². The van der Waals surface area contributed by atoms with Gasteiger partial charge in [0.2, 0.25) is 0 Å². The van der Waals surface area contributed by atoms with E-state index in [4.69, 9.17) is 9.97 Å². The molecule has 0 amide bonds. The maximum atomic E-state index is 4.95. The molecule has 0 N–H and O–H groups in total. The first-order valence-corrected chi connectivity index (χ1v) is 12.3. The highest BCUT2D eigenvalue weighted by atomic mass is 79.9. The zero-order valence-corrected chi connectivity index (χ0v) is 20.5. The highest BCUT2D eigenvalue weighted by Crippen LogP contribution is 2.36. The minimum absolute atomic E-state index is 0.725. The molecule has 6 rings (SSSR count). The van der Waals surface area contributed by atoms with Crippen molar-refractivity contribution < 1.29 is 0 Å². The molecule has 5 aromatic carbocycles. The van der Waals surface area contributed by atoms with E-state index in [1.54, 1.807) is 0 Å². The SMILES string of the molecule is Brc1ccc2ccccc2c1-c1ccc(-c2cc(-c3ccccc3)nc(-c3ccccc3)n2)cc1. The molecule has 35 heavy (non-hydrogen) atoms. The van der Waals surface area contributed by atoms with Crippen molar-refractivity contribution in [3.63, 3.8) is 0 Å². The third-order valence-electron chi connectivity index (χ3n) is 6.18. The van der Waals surface area contributed by atoms with E-state index in [2.05, 4.69) is 107 Å². The molecule has 6 aromatic rings. The van der Waals surface area contributed by atoms with Gasteiger partial charge in [-0.2, -0.15) is 0 Å². The lowest BCUT2D eigenvalue weighted by Gasteiger charge is -2.12. The second-order valence-corrected chi connectivity index (χ2v) is 9.27. The molecule has 0 spiro atoms. The number of hydrogen-bond donors (Lipinski definition) is 0. The van der Waals surface area contributed by atoms with E-state index in [1.165, 1.54) is 16.3 Å². The van der Waals surface area contributed by atoms with Gasteiger partial charge in [0.25, 0.3) is 0 Å². The minimum Gasteiger partial charge on any atom is -0.228 e. The predicted molar refractivity (Wildman–Crippen MR) is 149 cm³/mol. The summed E-state index contributed by atoms with van der Waals surface area (Å²) < 4.78 is 1.09. The molecule has 0 unspecified atom stereocenters. The molecule has 0 saturated carbocycles. The summed E-state index contributed by atoms with van der Waals surface area (Å²) in [7, 11) is 0. The van der Waals surface area contributed by atoms with Gasteiger partial charge in [0, 0.05) is 26.7 Å². The Morgan fingerprint density at radius 1 is 0.457 bits per heavy atom. The first-order chi connectivity index (χ1) is 17.3. The molecular formula is C32H21BrN2. The summed E-state index contributed by atoms with van der Waals surface area (Å²) in [5.74, 6) is 0.725. The number of benzene rings is 5. The molecule has 2 nitrogen and oxygen atoms in total. The van der Waals surface area contributed by atoms with E-state index in [-0.39, 0.29) is 0 Å². The van der Waals surface area contributed by atoms with Gasteiger partial charge in [-0.1, -0.05) is 131 Å². The number of aromatic nitrogens is 2. The second-order valence-electron chi connectivity index (χ2n) is 8.41. The van der Waals surface area contributed by atoms with Crippen LogP contribution in [0.5, 0.6) is 0 Å². The predicted octanol–water partition coefficient (Wildman–Crippen LogP) is 9.06. The van der Waals surface area contributed by atoms with Crippen LogP contribution >= 0.6 is 15.9 Å². The smallest absolute Gasteiger partial charge is 0.160 e. The number of hydrogen-bond acceptors (Lipinski definition) is 2. The van der Waals surface area contributed by atoms with E-state index in [9.17, 15) is 0 Å². The van der Waals surface area contributed by atoms with E-state index < -0.39 is 0 Å². The third-order valence-corrected chi connectivity index (χ3v) is 6.84. The lowest BCUT2D eigenvalue weighted by atomic mass is 9.97. The Bertz CT molecular complexity index is 1570. The van der Waals surface area contributed by atoms with Crippen LogP contribution in [0.2, 0.25) is 0 Å². The summed E-state index contributed by atoms with van der Waals surface area (Å²) in [5, 5.41) is 2.46. The van der Waals surface area contributed by atoms with Crippen molar-refractivity contribution >= 4 is 26.7 Å². The first kappa shape index (κ1) is 21.5. The Morgan fingerprint density at radius 3 is 1.69 bits per heavy atom. The summed E-state index contributed by atoms with van der Waals surface area (Å²) in [6.07, 6.45) is 0. The molecule has 1 aromatic heterocycles. The molecule has 0 saturated heterocycles. The molecule has 166 valence electrons. The van der Waals surface area contributed by atoms with E-state index in [1.807, 2.05) is 36.4 Å². The molecule has 1 heterocycles. The molecule has 0 radical (unpaired) electrons. The van der Waals surface area contributed by atoms with Gasteiger partial charge >= 0.3 is 0 Å². The Labute approximate surface area is 213 Å². The Kier molecular flexibility index (Phi) is 5.69. The molecular weight excluding hydrogens is 492 g/mol. The summed E-state index contributed by atoms with van der Waals surface area (Å²) in [6, 6.07) is 43.9. The normalized spacial score (nSPS) is 11.0. The van der Waals surface area contributed by atoms with E-state index in [0.717, 1.165) is 43.9 Å². The van der Waals surface area contributed by atoms with Crippen molar-refractivity contribution in [3.05, 3.63) is 132 Å². The van der Waals surface area contributed by atoms with Crippen LogP contribution in [0.25, 0.3) is 55.8 Å². The van der Waals surface area contributed by atoms with E-state index in [0.29, 0.717) is 0 Å². The first-order valence-electron chi connectivity index (χ1n) is 11.5. The Morgan fingerprint density at radius 2 is 1.00 bits per heavy atom. The van der Waals surface area contributed by atoms with Crippen LogP contribution in [0.1, 0.15) is 0 Å². The fourth-order valence-corrected chi connectivity index (χ4v) is 4.99. The van der Waals surface area contributed by atoms with Gasteiger partial charge < -0.3 is 0 Å². The standard InChI is InChI=1S/C32H21BrN2/c33-28-20-19-22-9-7-8-14-27(22)31(28)25-17-15-24(16-18-25)30-21-29(23-10-3-1-4-11-23)34-32(35-30)26-12-5-2-6-13-26/h1-21H. The van der Waals surface area contributed by atoms with Gasteiger partial charge in [0.15, 0.2) is 5.82 Å². The largest absolute Gasteiger partial charge is 0.228 e. The molecule has 3 heteroatoms. The molecule has 0 aliphatic carbocycles. The van der Waals surface area contributed by atoms with Gasteiger partial charge in [0.1, 0.15) is 0 Å².